The first-order chi connectivity index (χ1) is 9.24. The highest BCUT2D eigenvalue weighted by atomic mass is 16.5. The highest BCUT2D eigenvalue weighted by Crippen LogP contribution is 2.22. The molecule has 4 unspecified atom stereocenters. The third-order valence-corrected chi connectivity index (χ3v) is 4.83. The average molecular weight is 267 g/mol. The van der Waals surface area contributed by atoms with Crippen LogP contribution in [0.4, 0.5) is 0 Å². The van der Waals surface area contributed by atoms with Crippen LogP contribution >= 0.6 is 0 Å². The van der Waals surface area contributed by atoms with Gasteiger partial charge in [-0.1, -0.05) is 0 Å². The van der Waals surface area contributed by atoms with Crippen LogP contribution in [0, 0.1) is 5.92 Å². The van der Waals surface area contributed by atoms with Crippen LogP contribution in [0.1, 0.15) is 26.2 Å². The van der Waals surface area contributed by atoms with Crippen molar-refractivity contribution in [1.29, 1.82) is 0 Å². The fourth-order valence-electron chi connectivity index (χ4n) is 3.57. The summed E-state index contributed by atoms with van der Waals surface area (Å²) in [6.07, 6.45) is 3.68. The topological polar surface area (TPSA) is 53.6 Å². The molecule has 108 valence electrons. The maximum atomic E-state index is 12.1. The van der Waals surface area contributed by atoms with Gasteiger partial charge in [-0.05, 0) is 39.3 Å². The van der Waals surface area contributed by atoms with E-state index in [1.165, 1.54) is 19.4 Å². The third kappa shape index (κ3) is 2.93. The van der Waals surface area contributed by atoms with Crippen molar-refractivity contribution in [3.05, 3.63) is 0 Å². The number of carbonyl (C=O) groups excluding carboxylic acids is 1. The van der Waals surface area contributed by atoms with E-state index < -0.39 is 0 Å². The Bertz CT molecular complexity index is 337. The lowest BCUT2D eigenvalue weighted by Crippen LogP contribution is -2.51. The number of amides is 1. The van der Waals surface area contributed by atoms with Crippen LogP contribution in [0.3, 0.4) is 0 Å². The number of morpholine rings is 1. The predicted octanol–water partition coefficient (Wildman–Crippen LogP) is -0.0362. The van der Waals surface area contributed by atoms with Crippen LogP contribution in [0.25, 0.3) is 0 Å². The SMILES string of the molecule is CC1NCCC1C(=O)NCC1CN2CCCC2CO1. The van der Waals surface area contributed by atoms with Crippen LogP contribution in [-0.2, 0) is 9.53 Å². The maximum Gasteiger partial charge on any atom is 0.224 e. The summed E-state index contributed by atoms with van der Waals surface area (Å²) in [6, 6.07) is 0.932. The molecule has 0 radical (unpaired) electrons. The molecule has 19 heavy (non-hydrogen) atoms. The fraction of sp³-hybridized carbons (Fsp3) is 0.929. The zero-order valence-electron chi connectivity index (χ0n) is 11.7. The minimum absolute atomic E-state index is 0.128. The van der Waals surface area contributed by atoms with Crippen molar-refractivity contribution in [1.82, 2.24) is 15.5 Å². The number of ether oxygens (including phenoxy) is 1. The van der Waals surface area contributed by atoms with E-state index in [9.17, 15) is 4.79 Å². The summed E-state index contributed by atoms with van der Waals surface area (Å²) in [5.41, 5.74) is 0. The van der Waals surface area contributed by atoms with E-state index in [1.807, 2.05) is 0 Å². The molecule has 3 aliphatic rings. The number of carbonyl (C=O) groups is 1. The number of fused-ring (bicyclic) bond motifs is 1. The standard InChI is InChI=1S/C14H25N3O2/c1-10-13(4-5-15-10)14(18)16-7-12-8-17-6-2-3-11(17)9-19-12/h10-13,15H,2-9H2,1H3,(H,16,18). The zero-order chi connectivity index (χ0) is 13.2. The van der Waals surface area contributed by atoms with Gasteiger partial charge in [-0.3, -0.25) is 9.69 Å². The molecule has 3 aliphatic heterocycles. The molecule has 4 atom stereocenters. The van der Waals surface area contributed by atoms with Crippen molar-refractivity contribution in [2.45, 2.75) is 44.4 Å². The Morgan fingerprint density at radius 3 is 3.16 bits per heavy atom. The van der Waals surface area contributed by atoms with E-state index in [2.05, 4.69) is 22.5 Å². The maximum absolute atomic E-state index is 12.1. The number of nitrogens with zero attached hydrogens (tertiary/aromatic N) is 1. The molecular weight excluding hydrogens is 242 g/mol. The van der Waals surface area contributed by atoms with Crippen molar-refractivity contribution in [3.8, 4) is 0 Å². The van der Waals surface area contributed by atoms with E-state index in [4.69, 9.17) is 4.74 Å². The fourth-order valence-corrected chi connectivity index (χ4v) is 3.57. The van der Waals surface area contributed by atoms with Gasteiger partial charge in [-0.2, -0.15) is 0 Å². The number of nitrogens with one attached hydrogen (secondary N) is 2. The van der Waals surface area contributed by atoms with Gasteiger partial charge >= 0.3 is 0 Å². The second-order valence-electron chi connectivity index (χ2n) is 6.13. The van der Waals surface area contributed by atoms with Gasteiger partial charge in [0.25, 0.3) is 0 Å². The highest BCUT2D eigenvalue weighted by molar-refractivity contribution is 5.79. The second kappa shape index (κ2) is 5.77. The normalized spacial score (nSPS) is 39.2. The van der Waals surface area contributed by atoms with Crippen LogP contribution in [0.5, 0.6) is 0 Å². The van der Waals surface area contributed by atoms with E-state index in [1.54, 1.807) is 0 Å². The Hall–Kier alpha value is -0.650. The molecule has 0 aromatic rings. The molecule has 2 N–H and O–H groups in total. The largest absolute Gasteiger partial charge is 0.373 e. The quantitative estimate of drug-likeness (QED) is 0.754. The number of hydrogen-bond acceptors (Lipinski definition) is 4. The van der Waals surface area contributed by atoms with Crippen LogP contribution in [0.15, 0.2) is 0 Å². The Morgan fingerprint density at radius 2 is 2.37 bits per heavy atom. The van der Waals surface area contributed by atoms with Crippen molar-refractivity contribution in [2.24, 2.45) is 5.92 Å². The number of rotatable bonds is 3. The first kappa shape index (κ1) is 13.3. The summed E-state index contributed by atoms with van der Waals surface area (Å²) in [6.45, 7) is 6.70. The monoisotopic (exact) mass is 267 g/mol. The molecule has 0 bridgehead atoms. The van der Waals surface area contributed by atoms with Gasteiger partial charge in [0.1, 0.15) is 0 Å². The third-order valence-electron chi connectivity index (χ3n) is 4.83. The van der Waals surface area contributed by atoms with Crippen molar-refractivity contribution in [2.75, 3.05) is 32.8 Å². The Morgan fingerprint density at radius 1 is 1.47 bits per heavy atom. The van der Waals surface area contributed by atoms with E-state index in [0.717, 1.165) is 26.1 Å². The predicted molar refractivity (Wildman–Crippen MR) is 72.9 cm³/mol. The molecule has 3 heterocycles. The molecule has 0 spiro atoms. The summed E-state index contributed by atoms with van der Waals surface area (Å²) >= 11 is 0. The van der Waals surface area contributed by atoms with Crippen molar-refractivity contribution < 1.29 is 9.53 Å². The summed E-state index contributed by atoms with van der Waals surface area (Å²) in [7, 11) is 0. The van der Waals surface area contributed by atoms with Gasteiger partial charge in [0.05, 0.1) is 18.6 Å². The van der Waals surface area contributed by atoms with E-state index in [0.29, 0.717) is 18.6 Å². The van der Waals surface area contributed by atoms with Gasteiger partial charge in [0.15, 0.2) is 0 Å². The lowest BCUT2D eigenvalue weighted by molar-refractivity contribution is -0.126. The van der Waals surface area contributed by atoms with Gasteiger partial charge in [-0.15, -0.1) is 0 Å². The average Bonchev–Trinajstić information content (AvgIpc) is 3.03. The highest BCUT2D eigenvalue weighted by Gasteiger charge is 2.33. The van der Waals surface area contributed by atoms with E-state index >= 15 is 0 Å². The molecule has 3 rings (SSSR count). The van der Waals surface area contributed by atoms with Gasteiger partial charge < -0.3 is 15.4 Å². The van der Waals surface area contributed by atoms with Gasteiger partial charge in [0.2, 0.25) is 5.91 Å². The Balaban J connectivity index is 1.43. The van der Waals surface area contributed by atoms with E-state index in [-0.39, 0.29) is 17.9 Å². The lowest BCUT2D eigenvalue weighted by atomic mass is 10.0. The van der Waals surface area contributed by atoms with Gasteiger partial charge in [-0.25, -0.2) is 0 Å². The molecule has 0 aromatic heterocycles. The van der Waals surface area contributed by atoms with Crippen molar-refractivity contribution >= 4 is 5.91 Å². The van der Waals surface area contributed by atoms with Crippen molar-refractivity contribution in [3.63, 3.8) is 0 Å². The van der Waals surface area contributed by atoms with Crippen LogP contribution in [-0.4, -0.2) is 61.8 Å². The second-order valence-corrected chi connectivity index (χ2v) is 6.13. The lowest BCUT2D eigenvalue weighted by Gasteiger charge is -2.35. The molecule has 0 aliphatic carbocycles. The first-order valence-electron chi connectivity index (χ1n) is 7.61. The minimum Gasteiger partial charge on any atom is -0.373 e. The molecule has 0 saturated carbocycles. The van der Waals surface area contributed by atoms with Crippen LogP contribution in [0.2, 0.25) is 0 Å². The molecule has 5 heteroatoms. The zero-order valence-corrected chi connectivity index (χ0v) is 11.7. The molecule has 5 nitrogen and oxygen atoms in total. The summed E-state index contributed by atoms with van der Waals surface area (Å²) in [5.74, 6) is 0.313. The van der Waals surface area contributed by atoms with Crippen LogP contribution < -0.4 is 10.6 Å². The Labute approximate surface area is 115 Å². The molecule has 3 saturated heterocycles. The molecule has 0 aromatic carbocycles. The molecule has 3 fully saturated rings. The molecular formula is C14H25N3O2. The first-order valence-corrected chi connectivity index (χ1v) is 7.61. The van der Waals surface area contributed by atoms with Gasteiger partial charge in [0, 0.05) is 25.2 Å². The minimum atomic E-state index is 0.128. The smallest absolute Gasteiger partial charge is 0.224 e. The summed E-state index contributed by atoms with van der Waals surface area (Å²) in [5, 5.41) is 6.39. The summed E-state index contributed by atoms with van der Waals surface area (Å²) in [4.78, 5) is 14.6. The number of hydrogen-bond donors (Lipinski definition) is 2. The molecule has 1 amide bonds. The summed E-state index contributed by atoms with van der Waals surface area (Å²) < 4.78 is 5.86. The Kier molecular flexibility index (Phi) is 4.05.